The molecule has 2 heterocycles. The van der Waals surface area contributed by atoms with Gasteiger partial charge >= 0.3 is 0 Å². The Morgan fingerprint density at radius 1 is 0.455 bits per heavy atom. The van der Waals surface area contributed by atoms with Gasteiger partial charge in [0.15, 0.2) is 0 Å². The summed E-state index contributed by atoms with van der Waals surface area (Å²) in [6.07, 6.45) is 0. The standard InChI is InChI=1S/C41H27N3/c1-41(2)30-19-10-17-27-25-14-6-7-15-26(25)28-18-11-21-33-36(28)38-34(23-22-31(41)37(38)35(27)30)44(33)40-42-32-20-9-8-16-29(32)39(43-40)24-12-4-3-5-13-24/h3-23H,1-2H3. The van der Waals surface area contributed by atoms with Crippen molar-refractivity contribution in [2.45, 2.75) is 19.3 Å². The maximum Gasteiger partial charge on any atom is 0.235 e. The van der Waals surface area contributed by atoms with Gasteiger partial charge in [0, 0.05) is 27.1 Å². The lowest BCUT2D eigenvalue weighted by Crippen LogP contribution is -2.15. The highest BCUT2D eigenvalue weighted by Crippen LogP contribution is 2.53. The molecule has 0 fully saturated rings. The molecule has 2 aromatic heterocycles. The van der Waals surface area contributed by atoms with Crippen LogP contribution < -0.4 is 0 Å². The predicted octanol–water partition coefficient (Wildman–Crippen LogP) is 10.5. The topological polar surface area (TPSA) is 30.7 Å². The van der Waals surface area contributed by atoms with Gasteiger partial charge in [-0.1, -0.05) is 123 Å². The van der Waals surface area contributed by atoms with Gasteiger partial charge in [-0.05, 0) is 61.6 Å². The molecule has 0 bridgehead atoms. The van der Waals surface area contributed by atoms with Gasteiger partial charge in [-0.2, -0.15) is 0 Å². The van der Waals surface area contributed by atoms with E-state index in [1.807, 2.05) is 0 Å². The van der Waals surface area contributed by atoms with E-state index in [4.69, 9.17) is 9.97 Å². The van der Waals surface area contributed by atoms with Crippen molar-refractivity contribution in [3.63, 3.8) is 0 Å². The Morgan fingerprint density at radius 2 is 1.07 bits per heavy atom. The summed E-state index contributed by atoms with van der Waals surface area (Å²) in [5.74, 6) is 0.693. The Bertz CT molecular complexity index is 2680. The van der Waals surface area contributed by atoms with Crippen LogP contribution in [-0.2, 0) is 5.41 Å². The molecule has 0 atom stereocenters. The van der Waals surface area contributed by atoms with Gasteiger partial charge in [0.2, 0.25) is 5.95 Å². The lowest BCUT2D eigenvalue weighted by atomic mass is 9.81. The van der Waals surface area contributed by atoms with Crippen molar-refractivity contribution in [3.05, 3.63) is 139 Å². The van der Waals surface area contributed by atoms with E-state index >= 15 is 0 Å². The van der Waals surface area contributed by atoms with Crippen LogP contribution in [0.15, 0.2) is 127 Å². The Morgan fingerprint density at radius 3 is 1.86 bits per heavy atom. The Labute approximate surface area is 254 Å². The van der Waals surface area contributed by atoms with Crippen LogP contribution >= 0.6 is 0 Å². The van der Waals surface area contributed by atoms with Crippen LogP contribution in [-0.4, -0.2) is 14.5 Å². The highest BCUT2D eigenvalue weighted by molar-refractivity contribution is 6.35. The molecular formula is C41H27N3. The first-order chi connectivity index (χ1) is 21.6. The number of aromatic nitrogens is 3. The molecule has 0 radical (unpaired) electrons. The maximum absolute atomic E-state index is 5.35. The van der Waals surface area contributed by atoms with E-state index in [1.165, 1.54) is 54.2 Å². The minimum absolute atomic E-state index is 0.114. The zero-order chi connectivity index (χ0) is 29.2. The van der Waals surface area contributed by atoms with E-state index in [-0.39, 0.29) is 5.41 Å². The molecule has 0 saturated heterocycles. The molecule has 9 aromatic rings. The maximum atomic E-state index is 5.35. The molecule has 1 aliphatic carbocycles. The minimum Gasteiger partial charge on any atom is -0.278 e. The van der Waals surface area contributed by atoms with Crippen LogP contribution in [0.4, 0.5) is 0 Å². The number of hydrogen-bond donors (Lipinski definition) is 0. The fourth-order valence-electron chi connectivity index (χ4n) is 8.02. The van der Waals surface area contributed by atoms with Gasteiger partial charge in [0.25, 0.3) is 0 Å². The van der Waals surface area contributed by atoms with Crippen LogP contribution in [0.1, 0.15) is 25.0 Å². The summed E-state index contributed by atoms with van der Waals surface area (Å²) in [4.78, 5) is 10.6. The van der Waals surface area contributed by atoms with Crippen molar-refractivity contribution >= 4 is 65.0 Å². The van der Waals surface area contributed by atoms with Crippen LogP contribution in [0.5, 0.6) is 0 Å². The van der Waals surface area contributed by atoms with Crippen LogP contribution in [0.3, 0.4) is 0 Å². The van der Waals surface area contributed by atoms with E-state index in [1.54, 1.807) is 0 Å². The number of hydrogen-bond acceptors (Lipinski definition) is 2. The molecule has 0 aliphatic heterocycles. The van der Waals surface area contributed by atoms with E-state index in [0.717, 1.165) is 33.2 Å². The minimum atomic E-state index is -0.114. The SMILES string of the molecule is CC1(C)c2cccc3c4ccccc4c4cccc5c4c4c(c1ccc4n5-c1nc(-c4ccccc4)c4ccccc4n1)c23. The summed E-state index contributed by atoms with van der Waals surface area (Å²) in [6.45, 7) is 4.74. The van der Waals surface area contributed by atoms with E-state index in [0.29, 0.717) is 5.95 Å². The Balaban J connectivity index is 1.48. The van der Waals surface area contributed by atoms with Gasteiger partial charge in [-0.25, -0.2) is 9.97 Å². The smallest absolute Gasteiger partial charge is 0.235 e. The normalized spacial score (nSPS) is 13.9. The summed E-state index contributed by atoms with van der Waals surface area (Å²) in [6, 6.07) is 46.0. The average molecular weight is 562 g/mol. The van der Waals surface area contributed by atoms with Crippen molar-refractivity contribution in [1.82, 2.24) is 14.5 Å². The fourth-order valence-corrected chi connectivity index (χ4v) is 8.02. The second-order valence-corrected chi connectivity index (χ2v) is 12.6. The molecule has 206 valence electrons. The van der Waals surface area contributed by atoms with E-state index in [2.05, 4.69) is 146 Å². The van der Waals surface area contributed by atoms with Crippen molar-refractivity contribution < 1.29 is 0 Å². The Kier molecular flexibility index (Phi) is 4.52. The second-order valence-electron chi connectivity index (χ2n) is 12.6. The summed E-state index contributed by atoms with van der Waals surface area (Å²) < 4.78 is 2.30. The van der Waals surface area contributed by atoms with Crippen LogP contribution in [0.2, 0.25) is 0 Å². The van der Waals surface area contributed by atoms with Gasteiger partial charge in [-0.3, -0.25) is 4.57 Å². The number of rotatable bonds is 2. The number of benzene rings is 6. The molecule has 10 rings (SSSR count). The largest absolute Gasteiger partial charge is 0.278 e. The van der Waals surface area contributed by atoms with Crippen LogP contribution in [0, 0.1) is 0 Å². The summed E-state index contributed by atoms with van der Waals surface area (Å²) >= 11 is 0. The first-order valence-corrected chi connectivity index (χ1v) is 15.3. The summed E-state index contributed by atoms with van der Waals surface area (Å²) in [5.41, 5.74) is 7.89. The molecule has 0 unspecified atom stereocenters. The molecule has 44 heavy (non-hydrogen) atoms. The number of fused-ring (bicyclic) bond motifs is 4. The van der Waals surface area contributed by atoms with Gasteiger partial charge in [-0.15, -0.1) is 0 Å². The summed E-state index contributed by atoms with van der Waals surface area (Å²) in [5, 5.41) is 11.4. The number of nitrogens with zero attached hydrogens (tertiary/aromatic N) is 3. The van der Waals surface area contributed by atoms with Gasteiger partial charge in [0.1, 0.15) is 0 Å². The zero-order valence-electron chi connectivity index (χ0n) is 24.5. The first-order valence-electron chi connectivity index (χ1n) is 15.3. The third-order valence-corrected chi connectivity index (χ3v) is 9.96. The highest BCUT2D eigenvalue weighted by Gasteiger charge is 2.35. The quantitative estimate of drug-likeness (QED) is 0.210. The number of para-hydroxylation sites is 1. The molecule has 0 N–H and O–H groups in total. The predicted molar refractivity (Wildman–Crippen MR) is 184 cm³/mol. The molecule has 0 spiro atoms. The van der Waals surface area contributed by atoms with Crippen molar-refractivity contribution in [2.75, 3.05) is 0 Å². The van der Waals surface area contributed by atoms with Crippen molar-refractivity contribution in [1.29, 1.82) is 0 Å². The lowest BCUT2D eigenvalue weighted by Gasteiger charge is -2.22. The molecule has 1 aliphatic rings. The Hall–Kier alpha value is -5.54. The van der Waals surface area contributed by atoms with Crippen molar-refractivity contribution in [3.8, 4) is 17.2 Å². The monoisotopic (exact) mass is 561 g/mol. The first kappa shape index (κ1) is 24.0. The molecule has 0 saturated carbocycles. The zero-order valence-corrected chi connectivity index (χ0v) is 24.5. The molecule has 3 nitrogen and oxygen atoms in total. The second kappa shape index (κ2) is 8.30. The highest BCUT2D eigenvalue weighted by atomic mass is 15.2. The fraction of sp³-hybridized carbons (Fsp3) is 0.0732. The van der Waals surface area contributed by atoms with Gasteiger partial charge < -0.3 is 0 Å². The summed E-state index contributed by atoms with van der Waals surface area (Å²) in [7, 11) is 0. The average Bonchev–Trinajstić information content (AvgIpc) is 3.53. The molecule has 0 amide bonds. The van der Waals surface area contributed by atoms with E-state index in [9.17, 15) is 0 Å². The molecule has 7 aromatic carbocycles. The van der Waals surface area contributed by atoms with Crippen LogP contribution in [0.25, 0.3) is 82.2 Å². The van der Waals surface area contributed by atoms with Gasteiger partial charge in [0.05, 0.1) is 22.2 Å². The van der Waals surface area contributed by atoms with E-state index < -0.39 is 0 Å². The molecular weight excluding hydrogens is 534 g/mol. The third-order valence-electron chi connectivity index (χ3n) is 9.96. The molecule has 3 heteroatoms. The van der Waals surface area contributed by atoms with Crippen molar-refractivity contribution in [2.24, 2.45) is 0 Å². The third kappa shape index (κ3) is 2.91. The lowest BCUT2D eigenvalue weighted by molar-refractivity contribution is 0.663.